The maximum Gasteiger partial charge on any atom is 0.148 e. The molecule has 1 aromatic carbocycles. The maximum atomic E-state index is 13.4. The Morgan fingerprint density at radius 2 is 1.94 bits per heavy atom. The van der Waals surface area contributed by atoms with Crippen LogP contribution in [0.25, 0.3) is 0 Å². The molecule has 0 aliphatic carbocycles. The van der Waals surface area contributed by atoms with Gasteiger partial charge in [-0.15, -0.1) is 0 Å². The number of Topliss-reactive ketones (excluding diaryl/α,β-unsaturated/α-hetero) is 1. The van der Waals surface area contributed by atoms with Crippen LogP contribution in [0.2, 0.25) is 5.02 Å². The molecule has 17 heavy (non-hydrogen) atoms. The number of ketones is 1. The van der Waals surface area contributed by atoms with Gasteiger partial charge >= 0.3 is 0 Å². The minimum atomic E-state index is -1.72. The lowest BCUT2D eigenvalue weighted by molar-refractivity contribution is -0.129. The SMILES string of the molecule is CC(CF)(CF)C(=O)Cc1c(F)cccc1Cl. The van der Waals surface area contributed by atoms with Gasteiger partial charge in [-0.3, -0.25) is 4.79 Å². The highest BCUT2D eigenvalue weighted by atomic mass is 35.5. The Kier molecular flexibility index (Phi) is 4.57. The van der Waals surface area contributed by atoms with E-state index in [1.54, 1.807) is 0 Å². The van der Waals surface area contributed by atoms with Gasteiger partial charge in [-0.2, -0.15) is 0 Å². The van der Waals surface area contributed by atoms with Crippen LogP contribution < -0.4 is 0 Å². The Morgan fingerprint density at radius 3 is 2.41 bits per heavy atom. The van der Waals surface area contributed by atoms with Crippen LogP contribution in [0.4, 0.5) is 13.2 Å². The molecular formula is C12H12ClF3O. The van der Waals surface area contributed by atoms with Gasteiger partial charge < -0.3 is 0 Å². The van der Waals surface area contributed by atoms with Crippen LogP contribution in [-0.2, 0) is 11.2 Å². The van der Waals surface area contributed by atoms with Crippen LogP contribution in [0.15, 0.2) is 18.2 Å². The van der Waals surface area contributed by atoms with Crippen LogP contribution >= 0.6 is 11.6 Å². The van der Waals surface area contributed by atoms with Crippen molar-refractivity contribution < 1.29 is 18.0 Å². The number of carbonyl (C=O) groups excluding carboxylic acids is 1. The van der Waals surface area contributed by atoms with Crippen molar-refractivity contribution in [2.45, 2.75) is 13.3 Å². The first-order valence-electron chi connectivity index (χ1n) is 5.02. The van der Waals surface area contributed by atoms with Crippen LogP contribution in [-0.4, -0.2) is 19.1 Å². The summed E-state index contributed by atoms with van der Waals surface area (Å²) in [4.78, 5) is 11.7. The van der Waals surface area contributed by atoms with Crippen molar-refractivity contribution in [3.8, 4) is 0 Å². The summed E-state index contributed by atoms with van der Waals surface area (Å²) in [5.41, 5.74) is -1.74. The number of benzene rings is 1. The first-order valence-corrected chi connectivity index (χ1v) is 5.40. The van der Waals surface area contributed by atoms with Crippen molar-refractivity contribution in [3.05, 3.63) is 34.6 Å². The third kappa shape index (κ3) is 3.00. The Labute approximate surface area is 103 Å². The molecule has 1 aromatic rings. The third-order valence-electron chi connectivity index (χ3n) is 2.66. The Hall–Kier alpha value is -1.03. The fourth-order valence-electron chi connectivity index (χ4n) is 1.26. The molecule has 1 rings (SSSR count). The molecule has 0 atom stereocenters. The molecule has 0 aliphatic rings. The van der Waals surface area contributed by atoms with Gasteiger partial charge in [0.25, 0.3) is 0 Å². The Bertz CT molecular complexity index is 396. The quantitative estimate of drug-likeness (QED) is 0.795. The van der Waals surface area contributed by atoms with E-state index in [0.717, 1.165) is 6.07 Å². The molecular weight excluding hydrogens is 253 g/mol. The van der Waals surface area contributed by atoms with E-state index in [0.29, 0.717) is 0 Å². The molecule has 0 saturated carbocycles. The van der Waals surface area contributed by atoms with Crippen molar-refractivity contribution in [1.29, 1.82) is 0 Å². The minimum Gasteiger partial charge on any atom is -0.299 e. The normalized spacial score (nSPS) is 11.6. The summed E-state index contributed by atoms with van der Waals surface area (Å²) < 4.78 is 38.6. The van der Waals surface area contributed by atoms with Gasteiger partial charge in [0, 0.05) is 17.0 Å². The largest absolute Gasteiger partial charge is 0.299 e. The van der Waals surface area contributed by atoms with Crippen molar-refractivity contribution in [2.24, 2.45) is 5.41 Å². The predicted octanol–water partition coefficient (Wildman–Crippen LogP) is 3.54. The summed E-state index contributed by atoms with van der Waals surface area (Å²) in [6.07, 6.45) is -0.407. The van der Waals surface area contributed by atoms with Gasteiger partial charge in [-0.25, -0.2) is 13.2 Å². The van der Waals surface area contributed by atoms with Crippen molar-refractivity contribution in [2.75, 3.05) is 13.3 Å². The molecule has 0 aliphatic heterocycles. The average Bonchev–Trinajstić information content (AvgIpc) is 2.32. The molecule has 0 unspecified atom stereocenters. The molecule has 5 heteroatoms. The topological polar surface area (TPSA) is 17.1 Å². The zero-order valence-corrected chi connectivity index (χ0v) is 10.0. The Morgan fingerprint density at radius 1 is 1.35 bits per heavy atom. The van der Waals surface area contributed by atoms with Gasteiger partial charge in [0.15, 0.2) is 0 Å². The maximum absolute atomic E-state index is 13.4. The fraction of sp³-hybridized carbons (Fsp3) is 0.417. The summed E-state index contributed by atoms with van der Waals surface area (Å²) in [5, 5.41) is 0.0819. The average molecular weight is 265 g/mol. The van der Waals surface area contributed by atoms with Gasteiger partial charge in [0.05, 0.1) is 5.41 Å². The summed E-state index contributed by atoms with van der Waals surface area (Å²) in [5.74, 6) is -1.35. The zero-order valence-electron chi connectivity index (χ0n) is 9.27. The molecule has 0 aromatic heterocycles. The van der Waals surface area contributed by atoms with E-state index in [1.807, 2.05) is 0 Å². The summed E-state index contributed by atoms with van der Waals surface area (Å²) >= 11 is 5.73. The van der Waals surface area contributed by atoms with E-state index in [9.17, 15) is 18.0 Å². The lowest BCUT2D eigenvalue weighted by Crippen LogP contribution is -2.34. The number of halogens is 4. The monoisotopic (exact) mass is 264 g/mol. The predicted molar refractivity (Wildman–Crippen MR) is 60.2 cm³/mol. The summed E-state index contributed by atoms with van der Waals surface area (Å²) in [6.45, 7) is -1.06. The highest BCUT2D eigenvalue weighted by Crippen LogP contribution is 2.26. The minimum absolute atomic E-state index is 0.0210. The van der Waals surface area contributed by atoms with Crippen LogP contribution in [0.3, 0.4) is 0 Å². The lowest BCUT2D eigenvalue weighted by Gasteiger charge is -2.20. The van der Waals surface area contributed by atoms with E-state index >= 15 is 0 Å². The lowest BCUT2D eigenvalue weighted by atomic mass is 9.85. The highest BCUT2D eigenvalue weighted by Gasteiger charge is 2.34. The summed E-state index contributed by atoms with van der Waals surface area (Å²) in [7, 11) is 0. The van der Waals surface area contributed by atoms with Crippen molar-refractivity contribution >= 4 is 17.4 Å². The molecule has 0 saturated heterocycles. The second kappa shape index (κ2) is 5.54. The van der Waals surface area contributed by atoms with Gasteiger partial charge in [-0.1, -0.05) is 17.7 Å². The standard InChI is InChI=1S/C12H12ClF3O/c1-12(6-14,7-15)11(17)5-8-9(13)3-2-4-10(8)16/h2-4H,5-7H2,1H3. The van der Waals surface area contributed by atoms with Crippen molar-refractivity contribution in [3.63, 3.8) is 0 Å². The molecule has 0 N–H and O–H groups in total. The second-order valence-electron chi connectivity index (χ2n) is 4.13. The first-order chi connectivity index (χ1) is 7.94. The highest BCUT2D eigenvalue weighted by molar-refractivity contribution is 6.31. The molecule has 0 heterocycles. The molecule has 94 valence electrons. The van der Waals surface area contributed by atoms with E-state index in [2.05, 4.69) is 0 Å². The smallest absolute Gasteiger partial charge is 0.148 e. The second-order valence-corrected chi connectivity index (χ2v) is 4.54. The number of hydrogen-bond acceptors (Lipinski definition) is 1. The number of carbonyl (C=O) groups is 1. The van der Waals surface area contributed by atoms with E-state index in [-0.39, 0.29) is 10.6 Å². The molecule has 0 amide bonds. The van der Waals surface area contributed by atoms with Crippen molar-refractivity contribution in [1.82, 2.24) is 0 Å². The summed E-state index contributed by atoms with van der Waals surface area (Å²) in [6, 6.07) is 3.97. The molecule has 0 bridgehead atoms. The first kappa shape index (κ1) is 14.0. The van der Waals surface area contributed by atoms with Crippen LogP contribution in [0.1, 0.15) is 12.5 Å². The fourth-order valence-corrected chi connectivity index (χ4v) is 1.49. The van der Waals surface area contributed by atoms with Gasteiger partial charge in [0.1, 0.15) is 24.9 Å². The number of rotatable bonds is 5. The van der Waals surface area contributed by atoms with E-state index in [4.69, 9.17) is 11.6 Å². The van der Waals surface area contributed by atoms with E-state index < -0.39 is 36.8 Å². The molecule has 0 radical (unpaired) electrons. The zero-order chi connectivity index (χ0) is 13.1. The van der Waals surface area contributed by atoms with Gasteiger partial charge in [0.2, 0.25) is 0 Å². The number of alkyl halides is 2. The number of hydrogen-bond donors (Lipinski definition) is 0. The molecule has 0 fully saturated rings. The Balaban J connectivity index is 2.96. The molecule has 0 spiro atoms. The van der Waals surface area contributed by atoms with Crippen LogP contribution in [0, 0.1) is 11.2 Å². The van der Waals surface area contributed by atoms with E-state index in [1.165, 1.54) is 19.1 Å². The molecule has 1 nitrogen and oxygen atoms in total. The van der Waals surface area contributed by atoms with Crippen LogP contribution in [0.5, 0.6) is 0 Å². The van der Waals surface area contributed by atoms with Gasteiger partial charge in [-0.05, 0) is 19.1 Å². The third-order valence-corrected chi connectivity index (χ3v) is 3.02.